The van der Waals surface area contributed by atoms with Crippen molar-refractivity contribution in [3.8, 4) is 17.5 Å². The number of aromatic hydroxyl groups is 1. The number of rotatable bonds is 4. The number of nitriles is 1. The minimum absolute atomic E-state index is 0.0636. The Kier molecular flexibility index (Phi) is 5.24. The zero-order valence-electron chi connectivity index (χ0n) is 15.1. The average Bonchev–Trinajstić information content (AvgIpc) is 3.04. The van der Waals surface area contributed by atoms with Gasteiger partial charge in [-0.2, -0.15) is 10.4 Å². The smallest absolute Gasteiger partial charge is 0.278 e. The second kappa shape index (κ2) is 7.58. The minimum atomic E-state index is -0.280. The quantitative estimate of drug-likeness (QED) is 0.850. The molecular formula is C19H23N5O2. The van der Waals surface area contributed by atoms with Gasteiger partial charge in [0.25, 0.3) is 5.91 Å². The van der Waals surface area contributed by atoms with E-state index in [1.807, 2.05) is 29.2 Å². The second-order valence-corrected chi connectivity index (χ2v) is 6.78. The van der Waals surface area contributed by atoms with E-state index in [1.54, 1.807) is 9.58 Å². The second-order valence-electron chi connectivity index (χ2n) is 6.78. The number of carbonyl (C=O) groups is 1. The van der Waals surface area contributed by atoms with E-state index >= 15 is 0 Å². The maximum Gasteiger partial charge on any atom is 0.278 e. The minimum Gasteiger partial charge on any atom is -0.504 e. The van der Waals surface area contributed by atoms with E-state index in [2.05, 4.69) is 25.0 Å². The molecule has 0 aliphatic carbocycles. The fourth-order valence-corrected chi connectivity index (χ4v) is 3.03. The molecule has 1 saturated heterocycles. The predicted molar refractivity (Wildman–Crippen MR) is 97.3 cm³/mol. The normalized spacial score (nSPS) is 15.2. The highest BCUT2D eigenvalue weighted by atomic mass is 16.3. The number of benzene rings is 1. The molecule has 2 aromatic rings. The Labute approximate surface area is 153 Å². The van der Waals surface area contributed by atoms with Crippen molar-refractivity contribution in [2.24, 2.45) is 0 Å². The number of amides is 1. The lowest BCUT2D eigenvalue weighted by molar-refractivity contribution is 0.0642. The molecule has 136 valence electrons. The lowest BCUT2D eigenvalue weighted by Crippen LogP contribution is -2.48. The summed E-state index contributed by atoms with van der Waals surface area (Å²) in [7, 11) is 0. The van der Waals surface area contributed by atoms with Crippen molar-refractivity contribution >= 4 is 5.91 Å². The highest BCUT2D eigenvalue weighted by Crippen LogP contribution is 2.23. The molecule has 0 radical (unpaired) electrons. The van der Waals surface area contributed by atoms with Gasteiger partial charge in [-0.1, -0.05) is 26.0 Å². The van der Waals surface area contributed by atoms with Gasteiger partial charge in [0.2, 0.25) is 0 Å². The molecule has 1 aliphatic rings. The van der Waals surface area contributed by atoms with Crippen LogP contribution in [-0.2, 0) is 0 Å². The summed E-state index contributed by atoms with van der Waals surface area (Å²) in [6.45, 7) is 6.94. The number of carbonyl (C=O) groups excluding carboxylic acids is 1. The molecule has 1 aromatic carbocycles. The molecule has 2 heterocycles. The first-order valence-electron chi connectivity index (χ1n) is 8.77. The average molecular weight is 353 g/mol. The molecule has 3 rings (SSSR count). The maximum absolute atomic E-state index is 12.7. The summed E-state index contributed by atoms with van der Waals surface area (Å²) in [6.07, 6.45) is 1.47. The van der Waals surface area contributed by atoms with Crippen molar-refractivity contribution in [1.29, 1.82) is 5.26 Å². The molecule has 0 spiro atoms. The lowest BCUT2D eigenvalue weighted by atomic mass is 10.0. The van der Waals surface area contributed by atoms with Crippen LogP contribution < -0.4 is 0 Å². The number of hydrogen-bond donors (Lipinski definition) is 1. The van der Waals surface area contributed by atoms with Crippen LogP contribution in [0.5, 0.6) is 5.75 Å². The fourth-order valence-electron chi connectivity index (χ4n) is 3.03. The van der Waals surface area contributed by atoms with Gasteiger partial charge in [-0.15, -0.1) is 0 Å². The van der Waals surface area contributed by atoms with Crippen LogP contribution in [0.15, 0.2) is 30.5 Å². The van der Waals surface area contributed by atoms with E-state index in [0.29, 0.717) is 38.6 Å². The molecule has 0 atom stereocenters. The summed E-state index contributed by atoms with van der Waals surface area (Å²) in [6, 6.07) is 10.0. The van der Waals surface area contributed by atoms with Crippen LogP contribution in [0.25, 0.3) is 5.69 Å². The summed E-state index contributed by atoms with van der Waals surface area (Å²) in [5, 5.41) is 23.3. The Hall–Kier alpha value is -2.85. The highest BCUT2D eigenvalue weighted by Gasteiger charge is 2.26. The highest BCUT2D eigenvalue weighted by molar-refractivity contribution is 5.95. The standard InChI is InChI=1S/C19H23N5O2/c1-14(2)15-4-3-5-16(12-15)24-13-17(25)18(21-24)19(26)23-10-8-22(7-6-20)9-11-23/h3-5,12-14,25H,7-11H2,1-2H3. The molecule has 26 heavy (non-hydrogen) atoms. The van der Waals surface area contributed by atoms with Gasteiger partial charge < -0.3 is 10.0 Å². The maximum atomic E-state index is 12.7. The molecule has 7 nitrogen and oxygen atoms in total. The van der Waals surface area contributed by atoms with E-state index in [0.717, 1.165) is 5.69 Å². The Morgan fingerprint density at radius 3 is 2.69 bits per heavy atom. The monoisotopic (exact) mass is 353 g/mol. The zero-order valence-corrected chi connectivity index (χ0v) is 15.1. The van der Waals surface area contributed by atoms with Gasteiger partial charge in [0, 0.05) is 26.2 Å². The first-order chi connectivity index (χ1) is 12.5. The van der Waals surface area contributed by atoms with Crippen LogP contribution in [0, 0.1) is 11.3 Å². The molecule has 7 heteroatoms. The first-order valence-corrected chi connectivity index (χ1v) is 8.77. The molecule has 0 unspecified atom stereocenters. The van der Waals surface area contributed by atoms with Gasteiger partial charge in [-0.05, 0) is 23.6 Å². The van der Waals surface area contributed by atoms with Crippen LogP contribution in [0.2, 0.25) is 0 Å². The Bertz CT molecular complexity index is 829. The third-order valence-corrected chi connectivity index (χ3v) is 4.65. The first kappa shape index (κ1) is 18.0. The number of hydrogen-bond acceptors (Lipinski definition) is 5. The van der Waals surface area contributed by atoms with Crippen LogP contribution in [-0.4, -0.2) is 63.3 Å². The van der Waals surface area contributed by atoms with Gasteiger partial charge in [-0.3, -0.25) is 9.69 Å². The van der Waals surface area contributed by atoms with E-state index in [-0.39, 0.29) is 17.4 Å². The summed E-state index contributed by atoms with van der Waals surface area (Å²) < 4.78 is 1.54. The van der Waals surface area contributed by atoms with Gasteiger partial charge in [0.05, 0.1) is 24.5 Å². The summed E-state index contributed by atoms with van der Waals surface area (Å²) in [4.78, 5) is 16.4. The summed E-state index contributed by atoms with van der Waals surface area (Å²) >= 11 is 0. The molecule has 1 fully saturated rings. The topological polar surface area (TPSA) is 85.4 Å². The Balaban J connectivity index is 1.77. The number of nitrogens with zero attached hydrogens (tertiary/aromatic N) is 5. The Morgan fingerprint density at radius 1 is 1.31 bits per heavy atom. The summed E-state index contributed by atoms with van der Waals surface area (Å²) in [5.74, 6) is -0.0211. The molecule has 1 N–H and O–H groups in total. The van der Waals surface area contributed by atoms with Gasteiger partial charge in [0.15, 0.2) is 11.4 Å². The van der Waals surface area contributed by atoms with Crippen molar-refractivity contribution < 1.29 is 9.90 Å². The van der Waals surface area contributed by atoms with Crippen molar-refractivity contribution in [1.82, 2.24) is 19.6 Å². The van der Waals surface area contributed by atoms with Crippen LogP contribution in [0.4, 0.5) is 0 Å². The van der Waals surface area contributed by atoms with Crippen molar-refractivity contribution in [3.63, 3.8) is 0 Å². The van der Waals surface area contributed by atoms with E-state index in [4.69, 9.17) is 5.26 Å². The fraction of sp³-hybridized carbons (Fsp3) is 0.421. The van der Waals surface area contributed by atoms with E-state index in [9.17, 15) is 9.90 Å². The Morgan fingerprint density at radius 2 is 2.04 bits per heavy atom. The molecule has 0 bridgehead atoms. The number of aromatic nitrogens is 2. The summed E-state index contributed by atoms with van der Waals surface area (Å²) in [5.41, 5.74) is 2.04. The van der Waals surface area contributed by atoms with Gasteiger partial charge >= 0.3 is 0 Å². The van der Waals surface area contributed by atoms with Gasteiger partial charge in [-0.25, -0.2) is 4.68 Å². The zero-order chi connectivity index (χ0) is 18.7. The third-order valence-electron chi connectivity index (χ3n) is 4.65. The van der Waals surface area contributed by atoms with Crippen molar-refractivity contribution in [2.45, 2.75) is 19.8 Å². The molecule has 0 saturated carbocycles. The lowest BCUT2D eigenvalue weighted by Gasteiger charge is -2.32. The largest absolute Gasteiger partial charge is 0.504 e. The van der Waals surface area contributed by atoms with Crippen molar-refractivity contribution in [2.75, 3.05) is 32.7 Å². The van der Waals surface area contributed by atoms with Gasteiger partial charge in [0.1, 0.15) is 0 Å². The third kappa shape index (κ3) is 3.70. The predicted octanol–water partition coefficient (Wildman–Crippen LogP) is 1.98. The molecular weight excluding hydrogens is 330 g/mol. The molecule has 1 amide bonds. The van der Waals surface area contributed by atoms with E-state index < -0.39 is 0 Å². The number of piperazine rings is 1. The molecule has 1 aromatic heterocycles. The molecule has 1 aliphatic heterocycles. The van der Waals surface area contributed by atoms with Crippen LogP contribution >= 0.6 is 0 Å². The SMILES string of the molecule is CC(C)c1cccc(-n2cc(O)c(C(=O)N3CCN(CC#N)CC3)n2)c1. The van der Waals surface area contributed by atoms with Crippen LogP contribution in [0.3, 0.4) is 0 Å². The van der Waals surface area contributed by atoms with Crippen molar-refractivity contribution in [3.05, 3.63) is 41.7 Å². The van der Waals surface area contributed by atoms with E-state index in [1.165, 1.54) is 11.8 Å². The van der Waals surface area contributed by atoms with Crippen LogP contribution in [0.1, 0.15) is 35.8 Å².